The highest BCUT2D eigenvalue weighted by atomic mass is 35.5. The van der Waals surface area contributed by atoms with E-state index in [9.17, 15) is 10.1 Å². The number of benzene rings is 2. The third-order valence-electron chi connectivity index (χ3n) is 3.20. The van der Waals surface area contributed by atoms with Crippen LogP contribution in [0.2, 0.25) is 5.02 Å². The van der Waals surface area contributed by atoms with E-state index >= 15 is 0 Å². The van der Waals surface area contributed by atoms with Crippen molar-refractivity contribution in [2.45, 2.75) is 26.3 Å². The molecule has 110 valence electrons. The van der Waals surface area contributed by atoms with Crippen LogP contribution in [-0.4, -0.2) is 4.92 Å². The first kappa shape index (κ1) is 15.3. The summed E-state index contributed by atoms with van der Waals surface area (Å²) in [5.41, 5.74) is 3.07. The molecule has 21 heavy (non-hydrogen) atoms. The third-order valence-corrected chi connectivity index (χ3v) is 3.52. The maximum absolute atomic E-state index is 10.8. The molecule has 5 heteroatoms. The van der Waals surface area contributed by atoms with E-state index in [1.54, 1.807) is 12.1 Å². The lowest BCUT2D eigenvalue weighted by Crippen LogP contribution is -2.00. The van der Waals surface area contributed by atoms with E-state index in [2.05, 4.69) is 24.4 Å². The van der Waals surface area contributed by atoms with Crippen LogP contribution in [0.15, 0.2) is 42.5 Å². The Bertz CT molecular complexity index is 627. The maximum Gasteiger partial charge on any atom is 0.288 e. The van der Waals surface area contributed by atoms with E-state index in [1.807, 2.05) is 12.1 Å². The molecule has 1 N–H and O–H groups in total. The number of hydrogen-bond donors (Lipinski definition) is 1. The number of halogens is 1. The molecule has 0 aliphatic rings. The van der Waals surface area contributed by atoms with Gasteiger partial charge < -0.3 is 5.32 Å². The van der Waals surface area contributed by atoms with E-state index < -0.39 is 4.92 Å². The second-order valence-electron chi connectivity index (χ2n) is 4.84. The Kier molecular flexibility index (Phi) is 5.17. The fourth-order valence-electron chi connectivity index (χ4n) is 2.09. The number of hydrogen-bond acceptors (Lipinski definition) is 3. The Morgan fingerprint density at radius 3 is 2.43 bits per heavy atom. The van der Waals surface area contributed by atoms with Gasteiger partial charge in [0.05, 0.1) is 4.92 Å². The number of nitrogens with zero attached hydrogens (tertiary/aromatic N) is 1. The van der Waals surface area contributed by atoms with Gasteiger partial charge in [-0.05, 0) is 35.7 Å². The molecule has 0 bridgehead atoms. The van der Waals surface area contributed by atoms with Gasteiger partial charge in [-0.25, -0.2) is 0 Å². The molecule has 0 saturated carbocycles. The number of nitro groups is 1. The van der Waals surface area contributed by atoms with Gasteiger partial charge in [0, 0.05) is 18.3 Å². The van der Waals surface area contributed by atoms with Crippen molar-refractivity contribution in [1.82, 2.24) is 0 Å². The van der Waals surface area contributed by atoms with Crippen LogP contribution in [-0.2, 0) is 13.0 Å². The molecule has 2 aromatic carbocycles. The Balaban J connectivity index is 2.02. The van der Waals surface area contributed by atoms with Crippen molar-refractivity contribution in [3.05, 3.63) is 68.7 Å². The summed E-state index contributed by atoms with van der Waals surface area (Å²) >= 11 is 5.79. The molecule has 0 aliphatic heterocycles. The summed E-state index contributed by atoms with van der Waals surface area (Å²) in [5, 5.41) is 14.3. The van der Waals surface area contributed by atoms with Gasteiger partial charge in [0.1, 0.15) is 5.02 Å². The highest BCUT2D eigenvalue weighted by Gasteiger charge is 2.12. The van der Waals surface area contributed by atoms with Crippen LogP contribution in [0.25, 0.3) is 0 Å². The lowest BCUT2D eigenvalue weighted by atomic mass is 10.1. The third kappa shape index (κ3) is 4.20. The van der Waals surface area contributed by atoms with Gasteiger partial charge in [-0.1, -0.05) is 43.1 Å². The molecule has 2 rings (SSSR count). The monoisotopic (exact) mass is 304 g/mol. The summed E-state index contributed by atoms with van der Waals surface area (Å²) in [5.74, 6) is 0. The molecule has 0 amide bonds. The van der Waals surface area contributed by atoms with Gasteiger partial charge in [0.15, 0.2) is 0 Å². The fraction of sp³-hybridized carbons (Fsp3) is 0.250. The highest BCUT2D eigenvalue weighted by molar-refractivity contribution is 6.32. The van der Waals surface area contributed by atoms with Crippen LogP contribution in [0.5, 0.6) is 0 Å². The number of nitrogens with one attached hydrogen (secondary N) is 1. The minimum atomic E-state index is -0.467. The van der Waals surface area contributed by atoms with Crippen molar-refractivity contribution in [2.75, 3.05) is 5.32 Å². The molecule has 0 aliphatic carbocycles. The Morgan fingerprint density at radius 1 is 1.14 bits per heavy atom. The van der Waals surface area contributed by atoms with Crippen LogP contribution in [0.1, 0.15) is 24.5 Å². The quantitative estimate of drug-likeness (QED) is 0.615. The van der Waals surface area contributed by atoms with Gasteiger partial charge in [0.25, 0.3) is 5.69 Å². The van der Waals surface area contributed by atoms with Crippen LogP contribution >= 0.6 is 11.6 Å². The molecule has 0 heterocycles. The number of aryl methyl sites for hydroxylation is 1. The van der Waals surface area contributed by atoms with Gasteiger partial charge in [-0.3, -0.25) is 10.1 Å². The van der Waals surface area contributed by atoms with Crippen molar-refractivity contribution < 1.29 is 4.92 Å². The normalized spacial score (nSPS) is 10.4. The second kappa shape index (κ2) is 7.09. The predicted molar refractivity (Wildman–Crippen MR) is 85.9 cm³/mol. The van der Waals surface area contributed by atoms with Crippen molar-refractivity contribution in [3.8, 4) is 0 Å². The summed E-state index contributed by atoms with van der Waals surface area (Å²) in [7, 11) is 0. The minimum absolute atomic E-state index is 0.0609. The van der Waals surface area contributed by atoms with E-state index in [4.69, 9.17) is 11.6 Å². The zero-order valence-electron chi connectivity index (χ0n) is 11.8. The molecular weight excluding hydrogens is 288 g/mol. The van der Waals surface area contributed by atoms with Crippen molar-refractivity contribution >= 4 is 23.0 Å². The van der Waals surface area contributed by atoms with Crippen LogP contribution in [0.4, 0.5) is 11.4 Å². The Labute approximate surface area is 128 Å². The van der Waals surface area contributed by atoms with Crippen molar-refractivity contribution in [1.29, 1.82) is 0 Å². The molecule has 0 unspecified atom stereocenters. The average Bonchev–Trinajstić information content (AvgIpc) is 2.48. The van der Waals surface area contributed by atoms with Gasteiger partial charge in [0.2, 0.25) is 0 Å². The SMILES string of the molecule is CCCc1ccc(NCc2ccc(Cl)c([N+](=O)[O-])c2)cc1. The summed E-state index contributed by atoms with van der Waals surface area (Å²) in [6.07, 6.45) is 2.20. The minimum Gasteiger partial charge on any atom is -0.381 e. The van der Waals surface area contributed by atoms with Crippen LogP contribution in [0.3, 0.4) is 0 Å². The fourth-order valence-corrected chi connectivity index (χ4v) is 2.28. The van der Waals surface area contributed by atoms with Crippen LogP contribution < -0.4 is 5.32 Å². The first-order valence-electron chi connectivity index (χ1n) is 6.85. The van der Waals surface area contributed by atoms with E-state index in [0.717, 1.165) is 24.1 Å². The van der Waals surface area contributed by atoms with E-state index in [0.29, 0.717) is 6.54 Å². The summed E-state index contributed by atoms with van der Waals surface area (Å²) in [6.45, 7) is 2.67. The topological polar surface area (TPSA) is 55.2 Å². The highest BCUT2D eigenvalue weighted by Crippen LogP contribution is 2.25. The van der Waals surface area contributed by atoms with E-state index in [-0.39, 0.29) is 10.7 Å². The smallest absolute Gasteiger partial charge is 0.288 e. The zero-order valence-corrected chi connectivity index (χ0v) is 12.6. The molecule has 2 aromatic rings. The molecule has 0 aromatic heterocycles. The summed E-state index contributed by atoms with van der Waals surface area (Å²) in [4.78, 5) is 10.4. The summed E-state index contributed by atoms with van der Waals surface area (Å²) < 4.78 is 0. The molecule has 0 radical (unpaired) electrons. The Morgan fingerprint density at radius 2 is 1.81 bits per heavy atom. The van der Waals surface area contributed by atoms with E-state index in [1.165, 1.54) is 11.6 Å². The van der Waals surface area contributed by atoms with Crippen molar-refractivity contribution in [2.24, 2.45) is 0 Å². The Hall–Kier alpha value is -2.07. The maximum atomic E-state index is 10.8. The molecule has 4 nitrogen and oxygen atoms in total. The average molecular weight is 305 g/mol. The second-order valence-corrected chi connectivity index (χ2v) is 5.25. The summed E-state index contributed by atoms with van der Waals surface area (Å²) in [6, 6.07) is 13.1. The molecule has 0 fully saturated rings. The predicted octanol–water partition coefficient (Wildman–Crippen LogP) is 4.81. The number of rotatable bonds is 6. The van der Waals surface area contributed by atoms with Crippen molar-refractivity contribution in [3.63, 3.8) is 0 Å². The number of nitro benzene ring substituents is 1. The lowest BCUT2D eigenvalue weighted by molar-refractivity contribution is -0.384. The zero-order chi connectivity index (χ0) is 15.2. The van der Waals surface area contributed by atoms with Crippen LogP contribution in [0, 0.1) is 10.1 Å². The standard InChI is InChI=1S/C16H17ClN2O2/c1-2-3-12-4-7-14(8-5-12)18-11-13-6-9-15(17)16(10-13)19(20)21/h4-10,18H,2-3,11H2,1H3. The first-order valence-corrected chi connectivity index (χ1v) is 7.23. The molecule has 0 spiro atoms. The number of anilines is 1. The van der Waals surface area contributed by atoms with Gasteiger partial charge in [-0.15, -0.1) is 0 Å². The lowest BCUT2D eigenvalue weighted by Gasteiger charge is -2.08. The van der Waals surface area contributed by atoms with Gasteiger partial charge in [-0.2, -0.15) is 0 Å². The molecule has 0 saturated heterocycles. The largest absolute Gasteiger partial charge is 0.381 e. The molecule has 0 atom stereocenters. The molecular formula is C16H17ClN2O2. The van der Waals surface area contributed by atoms with Gasteiger partial charge >= 0.3 is 0 Å². The first-order chi connectivity index (χ1) is 10.1.